The Bertz CT molecular complexity index is 534. The molecule has 0 fully saturated rings. The maximum absolute atomic E-state index is 12.0. The predicted molar refractivity (Wildman–Crippen MR) is 68.9 cm³/mol. The molecular formula is C12H9Cl2NO3. The molecule has 0 atom stereocenters. The van der Waals surface area contributed by atoms with Crippen LogP contribution in [0, 0.1) is 0 Å². The van der Waals surface area contributed by atoms with E-state index in [1.807, 2.05) is 0 Å². The monoisotopic (exact) mass is 285 g/mol. The van der Waals surface area contributed by atoms with Crippen LogP contribution < -0.4 is 4.90 Å². The van der Waals surface area contributed by atoms with Crippen LogP contribution in [0.3, 0.4) is 0 Å². The Balaban J connectivity index is 2.36. The van der Waals surface area contributed by atoms with E-state index in [4.69, 9.17) is 27.9 Å². The van der Waals surface area contributed by atoms with Gasteiger partial charge in [-0.25, -0.2) is 4.90 Å². The van der Waals surface area contributed by atoms with Crippen molar-refractivity contribution in [1.82, 2.24) is 0 Å². The van der Waals surface area contributed by atoms with Gasteiger partial charge in [-0.2, -0.15) is 0 Å². The van der Waals surface area contributed by atoms with Crippen LogP contribution in [0.15, 0.2) is 29.8 Å². The Morgan fingerprint density at radius 1 is 1.17 bits per heavy atom. The summed E-state index contributed by atoms with van der Waals surface area (Å²) in [5.41, 5.74) is 0.656. The normalized spacial score (nSPS) is 15.3. The number of carbonyl (C=O) groups is 2. The quantitative estimate of drug-likeness (QED) is 0.802. The van der Waals surface area contributed by atoms with Crippen LogP contribution >= 0.6 is 23.2 Å². The fourth-order valence-corrected chi connectivity index (χ4v) is 2.21. The first-order valence-corrected chi connectivity index (χ1v) is 5.82. The molecule has 18 heavy (non-hydrogen) atoms. The molecule has 6 heteroatoms. The first kappa shape index (κ1) is 13.1. The minimum Gasteiger partial charge on any atom is -0.380 e. The van der Waals surface area contributed by atoms with Crippen molar-refractivity contribution in [2.24, 2.45) is 0 Å². The van der Waals surface area contributed by atoms with E-state index in [0.29, 0.717) is 21.3 Å². The van der Waals surface area contributed by atoms with Gasteiger partial charge in [-0.1, -0.05) is 23.2 Å². The molecule has 0 bridgehead atoms. The van der Waals surface area contributed by atoms with Crippen molar-refractivity contribution in [3.8, 4) is 0 Å². The number of methoxy groups -OCH3 is 1. The SMILES string of the molecule is COCC1=CC(=O)N(c2cc(Cl)cc(Cl)c2)C1=O. The summed E-state index contributed by atoms with van der Waals surface area (Å²) in [7, 11) is 1.46. The second-order valence-corrected chi connectivity index (χ2v) is 4.58. The van der Waals surface area contributed by atoms with Crippen molar-refractivity contribution in [3.63, 3.8) is 0 Å². The Morgan fingerprint density at radius 3 is 2.33 bits per heavy atom. The summed E-state index contributed by atoms with van der Waals surface area (Å²) in [5.74, 6) is -0.842. The van der Waals surface area contributed by atoms with Crippen LogP contribution in [-0.4, -0.2) is 25.5 Å². The van der Waals surface area contributed by atoms with Crippen LogP contribution in [0.4, 0.5) is 5.69 Å². The van der Waals surface area contributed by atoms with E-state index < -0.39 is 11.8 Å². The van der Waals surface area contributed by atoms with Crippen LogP contribution in [0.25, 0.3) is 0 Å². The Kier molecular flexibility index (Phi) is 3.71. The average Bonchev–Trinajstić information content (AvgIpc) is 2.53. The maximum Gasteiger partial charge on any atom is 0.263 e. The molecule has 1 aromatic rings. The molecule has 1 aromatic carbocycles. The zero-order chi connectivity index (χ0) is 13.3. The first-order valence-electron chi connectivity index (χ1n) is 5.07. The van der Waals surface area contributed by atoms with Crippen LogP contribution in [0.1, 0.15) is 0 Å². The predicted octanol–water partition coefficient (Wildman–Crippen LogP) is 2.44. The molecule has 0 saturated heterocycles. The van der Waals surface area contributed by atoms with Crippen molar-refractivity contribution in [3.05, 3.63) is 39.9 Å². The third-order valence-corrected chi connectivity index (χ3v) is 2.84. The number of rotatable bonds is 3. The van der Waals surface area contributed by atoms with Gasteiger partial charge in [0, 0.05) is 28.8 Å². The van der Waals surface area contributed by atoms with Crippen molar-refractivity contribution in [2.45, 2.75) is 0 Å². The summed E-state index contributed by atoms with van der Waals surface area (Å²) in [6, 6.07) is 4.54. The maximum atomic E-state index is 12.0. The number of amides is 2. The molecule has 1 aliphatic rings. The smallest absolute Gasteiger partial charge is 0.263 e. The van der Waals surface area contributed by atoms with Gasteiger partial charge in [-0.15, -0.1) is 0 Å². The number of carbonyl (C=O) groups excluding carboxylic acids is 2. The van der Waals surface area contributed by atoms with Crippen molar-refractivity contribution >= 4 is 40.7 Å². The Morgan fingerprint density at radius 2 is 1.78 bits per heavy atom. The van der Waals surface area contributed by atoms with Gasteiger partial charge in [0.05, 0.1) is 12.3 Å². The number of imide groups is 1. The topological polar surface area (TPSA) is 46.6 Å². The minimum absolute atomic E-state index is 0.0926. The fraction of sp³-hybridized carbons (Fsp3) is 0.167. The van der Waals surface area contributed by atoms with Gasteiger partial charge >= 0.3 is 0 Å². The van der Waals surface area contributed by atoms with E-state index in [0.717, 1.165) is 4.90 Å². The molecule has 4 nitrogen and oxygen atoms in total. The number of ether oxygens (including phenoxy) is 1. The van der Waals surface area contributed by atoms with Crippen LogP contribution in [0.2, 0.25) is 10.0 Å². The van der Waals surface area contributed by atoms with Gasteiger partial charge in [-0.3, -0.25) is 9.59 Å². The van der Waals surface area contributed by atoms with Gasteiger partial charge in [-0.05, 0) is 18.2 Å². The van der Waals surface area contributed by atoms with E-state index >= 15 is 0 Å². The molecule has 0 aromatic heterocycles. The molecular weight excluding hydrogens is 277 g/mol. The lowest BCUT2D eigenvalue weighted by atomic mass is 10.2. The van der Waals surface area contributed by atoms with Gasteiger partial charge in [0.2, 0.25) is 0 Å². The second kappa shape index (κ2) is 5.10. The van der Waals surface area contributed by atoms with Crippen LogP contribution in [-0.2, 0) is 14.3 Å². The summed E-state index contributed by atoms with van der Waals surface area (Å²) >= 11 is 11.7. The molecule has 0 unspecified atom stereocenters. The molecule has 94 valence electrons. The third kappa shape index (κ3) is 2.41. The number of nitrogens with zero attached hydrogens (tertiary/aromatic N) is 1. The molecule has 0 N–H and O–H groups in total. The van der Waals surface area contributed by atoms with Crippen molar-refractivity contribution in [2.75, 3.05) is 18.6 Å². The van der Waals surface area contributed by atoms with Gasteiger partial charge in [0.25, 0.3) is 11.8 Å². The zero-order valence-corrected chi connectivity index (χ0v) is 11.0. The first-order chi connectivity index (χ1) is 8.52. The zero-order valence-electron chi connectivity index (χ0n) is 9.44. The Labute approximate surface area is 114 Å². The molecule has 0 saturated carbocycles. The fourth-order valence-electron chi connectivity index (χ4n) is 1.69. The summed E-state index contributed by atoms with van der Waals surface area (Å²) in [6.45, 7) is 0.0926. The number of hydrogen-bond acceptors (Lipinski definition) is 3. The highest BCUT2D eigenvalue weighted by atomic mass is 35.5. The summed E-state index contributed by atoms with van der Waals surface area (Å²) < 4.78 is 4.86. The van der Waals surface area contributed by atoms with Crippen molar-refractivity contribution in [1.29, 1.82) is 0 Å². The van der Waals surface area contributed by atoms with Crippen molar-refractivity contribution < 1.29 is 14.3 Å². The molecule has 2 amide bonds. The summed E-state index contributed by atoms with van der Waals surface area (Å²) in [4.78, 5) is 24.8. The van der Waals surface area contributed by atoms with Gasteiger partial charge in [0.1, 0.15) is 0 Å². The number of anilines is 1. The van der Waals surface area contributed by atoms with Gasteiger partial charge < -0.3 is 4.74 Å². The third-order valence-electron chi connectivity index (χ3n) is 2.40. The molecule has 0 radical (unpaired) electrons. The van der Waals surface area contributed by atoms with E-state index in [9.17, 15) is 9.59 Å². The highest BCUT2D eigenvalue weighted by Gasteiger charge is 2.32. The van der Waals surface area contributed by atoms with E-state index in [1.165, 1.54) is 31.4 Å². The standard InChI is InChI=1S/C12H9Cl2NO3/c1-18-6-7-2-11(16)15(12(7)17)10-4-8(13)3-9(14)5-10/h2-5H,6H2,1H3. The number of hydrogen-bond donors (Lipinski definition) is 0. The highest BCUT2D eigenvalue weighted by molar-refractivity contribution is 6.36. The van der Waals surface area contributed by atoms with E-state index in [2.05, 4.69) is 0 Å². The largest absolute Gasteiger partial charge is 0.380 e. The lowest BCUT2D eigenvalue weighted by Crippen LogP contribution is -2.31. The molecule has 0 aliphatic carbocycles. The summed E-state index contributed by atoms with van der Waals surface area (Å²) in [5, 5.41) is 0.719. The molecule has 2 rings (SSSR count). The lowest BCUT2D eigenvalue weighted by Gasteiger charge is -2.15. The number of benzene rings is 1. The minimum atomic E-state index is -0.426. The molecule has 0 spiro atoms. The molecule has 1 heterocycles. The molecule has 1 aliphatic heterocycles. The van der Waals surface area contributed by atoms with Gasteiger partial charge in [0.15, 0.2) is 0 Å². The van der Waals surface area contributed by atoms with E-state index in [1.54, 1.807) is 0 Å². The van der Waals surface area contributed by atoms with E-state index in [-0.39, 0.29) is 6.61 Å². The second-order valence-electron chi connectivity index (χ2n) is 3.71. The average molecular weight is 286 g/mol. The van der Waals surface area contributed by atoms with Crippen LogP contribution in [0.5, 0.6) is 0 Å². The summed E-state index contributed by atoms with van der Waals surface area (Å²) in [6.07, 6.45) is 1.25. The Hall–Kier alpha value is -1.36. The highest BCUT2D eigenvalue weighted by Crippen LogP contribution is 2.28. The number of halogens is 2. The lowest BCUT2D eigenvalue weighted by molar-refractivity contribution is -0.120.